The van der Waals surface area contributed by atoms with E-state index in [0.29, 0.717) is 25.5 Å². The molecule has 2 N–H and O–H groups in total. The second-order valence-corrected chi connectivity index (χ2v) is 6.90. The van der Waals surface area contributed by atoms with Crippen LogP contribution in [0.1, 0.15) is 23.5 Å². The molecule has 1 aliphatic heterocycles. The summed E-state index contributed by atoms with van der Waals surface area (Å²) in [5.41, 5.74) is 1.95. The fourth-order valence-electron chi connectivity index (χ4n) is 3.35. The number of carboxylic acids is 1. The lowest BCUT2D eigenvalue weighted by Crippen LogP contribution is -2.25. The minimum atomic E-state index is -1.03. The zero-order chi connectivity index (χ0) is 19.5. The van der Waals surface area contributed by atoms with E-state index >= 15 is 0 Å². The van der Waals surface area contributed by atoms with Crippen molar-refractivity contribution in [1.29, 1.82) is 0 Å². The molecule has 0 spiro atoms. The molecular formula is C21H21NO6. The van der Waals surface area contributed by atoms with Crippen LogP contribution in [0.4, 0.5) is 0 Å². The number of fused-ring (bicyclic) bond motifs is 1. The molecule has 1 fully saturated rings. The third kappa shape index (κ3) is 4.19. The highest BCUT2D eigenvalue weighted by Crippen LogP contribution is 2.49. The van der Waals surface area contributed by atoms with E-state index in [-0.39, 0.29) is 17.7 Å². The van der Waals surface area contributed by atoms with Crippen molar-refractivity contribution in [3.05, 3.63) is 53.6 Å². The molecule has 0 bridgehead atoms. The molecule has 2 aliphatic rings. The molecule has 1 amide bonds. The molecule has 0 radical (unpaired) electrons. The van der Waals surface area contributed by atoms with E-state index in [1.165, 1.54) is 0 Å². The van der Waals surface area contributed by atoms with Crippen LogP contribution in [0, 0.1) is 5.92 Å². The molecule has 2 aromatic rings. The number of aliphatic carboxylic acids is 1. The van der Waals surface area contributed by atoms with Gasteiger partial charge in [0.25, 0.3) is 0 Å². The fourth-order valence-corrected chi connectivity index (χ4v) is 3.35. The first-order chi connectivity index (χ1) is 13.6. The molecule has 28 heavy (non-hydrogen) atoms. The predicted octanol–water partition coefficient (Wildman–Crippen LogP) is 2.34. The van der Waals surface area contributed by atoms with Crippen LogP contribution < -0.4 is 19.5 Å². The average Bonchev–Trinajstić information content (AvgIpc) is 3.51. The lowest BCUT2D eigenvalue weighted by Gasteiger charge is -2.18. The van der Waals surface area contributed by atoms with Gasteiger partial charge in [-0.1, -0.05) is 18.2 Å². The second-order valence-electron chi connectivity index (χ2n) is 6.90. The molecule has 0 aromatic heterocycles. The van der Waals surface area contributed by atoms with E-state index in [9.17, 15) is 9.59 Å². The first-order valence-electron chi connectivity index (χ1n) is 9.21. The predicted molar refractivity (Wildman–Crippen MR) is 99.7 cm³/mol. The zero-order valence-electron chi connectivity index (χ0n) is 15.2. The quantitative estimate of drug-likeness (QED) is 0.762. The first-order valence-corrected chi connectivity index (χ1v) is 9.21. The Balaban J connectivity index is 1.31. The third-order valence-corrected chi connectivity index (χ3v) is 4.85. The van der Waals surface area contributed by atoms with Crippen molar-refractivity contribution >= 4 is 11.9 Å². The summed E-state index contributed by atoms with van der Waals surface area (Å²) in [4.78, 5) is 23.1. The van der Waals surface area contributed by atoms with Gasteiger partial charge in [-0.3, -0.25) is 4.79 Å². The highest BCUT2D eigenvalue weighted by Gasteiger charge is 2.44. The van der Waals surface area contributed by atoms with E-state index < -0.39 is 12.6 Å². The molecule has 2 atom stereocenters. The van der Waals surface area contributed by atoms with Gasteiger partial charge in [0.1, 0.15) is 19.0 Å². The Bertz CT molecular complexity index is 896. The van der Waals surface area contributed by atoms with Crippen LogP contribution in [-0.2, 0) is 16.1 Å². The van der Waals surface area contributed by atoms with E-state index in [0.717, 1.165) is 29.0 Å². The van der Waals surface area contributed by atoms with Crippen LogP contribution in [0.3, 0.4) is 0 Å². The summed E-state index contributed by atoms with van der Waals surface area (Å²) in [7, 11) is 0. The Morgan fingerprint density at radius 3 is 2.75 bits per heavy atom. The summed E-state index contributed by atoms with van der Waals surface area (Å²) in [6.07, 6.45) is 0.813. The summed E-state index contributed by atoms with van der Waals surface area (Å²) in [5, 5.41) is 11.6. The number of carboxylic acid groups (broad SMARTS) is 1. The zero-order valence-corrected chi connectivity index (χ0v) is 15.2. The molecule has 7 heteroatoms. The molecule has 1 aliphatic carbocycles. The van der Waals surface area contributed by atoms with E-state index in [1.54, 1.807) is 18.2 Å². The van der Waals surface area contributed by atoms with Crippen LogP contribution in [0.2, 0.25) is 0 Å². The van der Waals surface area contributed by atoms with Crippen molar-refractivity contribution in [2.45, 2.75) is 18.9 Å². The van der Waals surface area contributed by atoms with Gasteiger partial charge in [-0.2, -0.15) is 0 Å². The number of hydrogen-bond acceptors (Lipinski definition) is 5. The third-order valence-electron chi connectivity index (χ3n) is 4.85. The molecule has 0 saturated heterocycles. The lowest BCUT2D eigenvalue weighted by atomic mass is 10.1. The maximum absolute atomic E-state index is 12.5. The lowest BCUT2D eigenvalue weighted by molar-refractivity contribution is -0.139. The van der Waals surface area contributed by atoms with Crippen molar-refractivity contribution in [3.63, 3.8) is 0 Å². The Hall–Kier alpha value is -3.22. The largest absolute Gasteiger partial charge is 0.486 e. The van der Waals surface area contributed by atoms with Gasteiger partial charge < -0.3 is 24.6 Å². The highest BCUT2D eigenvalue weighted by molar-refractivity contribution is 5.83. The molecule has 146 valence electrons. The number of rotatable bonds is 7. The SMILES string of the molecule is O=C(O)COc1cccc(CNC(=O)[C@@H]2C[C@H]2c2ccc3c(c2)OCCO3)c1. The number of hydrogen-bond donors (Lipinski definition) is 2. The monoisotopic (exact) mass is 383 g/mol. The van der Waals surface area contributed by atoms with Gasteiger partial charge in [0.15, 0.2) is 18.1 Å². The molecule has 1 heterocycles. The highest BCUT2D eigenvalue weighted by atomic mass is 16.6. The smallest absolute Gasteiger partial charge is 0.341 e. The normalized spacial score (nSPS) is 19.6. The fraction of sp³-hybridized carbons (Fsp3) is 0.333. The van der Waals surface area contributed by atoms with Crippen LogP contribution in [-0.4, -0.2) is 36.8 Å². The minimum Gasteiger partial charge on any atom is -0.486 e. The van der Waals surface area contributed by atoms with Crippen LogP contribution in [0.5, 0.6) is 17.2 Å². The number of benzene rings is 2. The van der Waals surface area contributed by atoms with Gasteiger partial charge in [-0.15, -0.1) is 0 Å². The number of carbonyl (C=O) groups excluding carboxylic acids is 1. The summed E-state index contributed by atoms with van der Waals surface area (Å²) >= 11 is 0. The van der Waals surface area contributed by atoms with Crippen LogP contribution >= 0.6 is 0 Å². The van der Waals surface area contributed by atoms with Gasteiger partial charge in [-0.25, -0.2) is 4.79 Å². The van der Waals surface area contributed by atoms with E-state index in [2.05, 4.69) is 5.32 Å². The van der Waals surface area contributed by atoms with Crippen molar-refractivity contribution in [2.75, 3.05) is 19.8 Å². The minimum absolute atomic E-state index is 0.0109. The maximum atomic E-state index is 12.5. The average molecular weight is 383 g/mol. The van der Waals surface area contributed by atoms with Crippen LogP contribution in [0.15, 0.2) is 42.5 Å². The molecule has 0 unspecified atom stereocenters. The molecule has 1 saturated carbocycles. The molecule has 2 aromatic carbocycles. The van der Waals surface area contributed by atoms with E-state index in [1.807, 2.05) is 24.3 Å². The molecular weight excluding hydrogens is 362 g/mol. The number of nitrogens with one attached hydrogen (secondary N) is 1. The van der Waals surface area contributed by atoms with Gasteiger partial charge in [0, 0.05) is 12.5 Å². The number of amides is 1. The Morgan fingerprint density at radius 1 is 1.11 bits per heavy atom. The van der Waals surface area contributed by atoms with Gasteiger partial charge in [0.05, 0.1) is 0 Å². The van der Waals surface area contributed by atoms with Crippen LogP contribution in [0.25, 0.3) is 0 Å². The Kier molecular flexibility index (Phi) is 5.06. The summed E-state index contributed by atoms with van der Waals surface area (Å²) < 4.78 is 16.3. The van der Waals surface area contributed by atoms with E-state index in [4.69, 9.17) is 19.3 Å². The van der Waals surface area contributed by atoms with Crippen molar-refractivity contribution in [3.8, 4) is 17.2 Å². The second kappa shape index (κ2) is 7.80. The standard InChI is InChI=1S/C21H21NO6/c23-20(24)12-28-15-3-1-2-13(8-15)11-22-21(25)17-10-16(17)14-4-5-18-19(9-14)27-7-6-26-18/h1-5,8-9,16-17H,6-7,10-12H2,(H,22,25)(H,23,24)/t16-,17+/m0/s1. The van der Waals surface area contributed by atoms with Gasteiger partial charge in [0.2, 0.25) is 5.91 Å². The van der Waals surface area contributed by atoms with Gasteiger partial charge >= 0.3 is 5.97 Å². The van der Waals surface area contributed by atoms with Crippen molar-refractivity contribution in [1.82, 2.24) is 5.32 Å². The topological polar surface area (TPSA) is 94.1 Å². The molecule has 7 nitrogen and oxygen atoms in total. The Labute approximate surface area is 162 Å². The summed E-state index contributed by atoms with van der Waals surface area (Å²) in [6.45, 7) is 1.08. The number of ether oxygens (including phenoxy) is 3. The van der Waals surface area contributed by atoms with Crippen molar-refractivity contribution < 1.29 is 28.9 Å². The van der Waals surface area contributed by atoms with Crippen molar-refractivity contribution in [2.24, 2.45) is 5.92 Å². The molecule has 4 rings (SSSR count). The first kappa shape index (κ1) is 18.2. The Morgan fingerprint density at radius 2 is 1.93 bits per heavy atom. The number of carbonyl (C=O) groups is 2. The van der Waals surface area contributed by atoms with Gasteiger partial charge in [-0.05, 0) is 47.7 Å². The summed E-state index contributed by atoms with van der Waals surface area (Å²) in [5.74, 6) is 1.09. The maximum Gasteiger partial charge on any atom is 0.341 e. The summed E-state index contributed by atoms with van der Waals surface area (Å²) in [6, 6.07) is 12.9.